The van der Waals surface area contributed by atoms with Gasteiger partial charge in [0.05, 0.1) is 11.9 Å². The zero-order chi connectivity index (χ0) is 20.5. The average molecular weight is 406 g/mol. The number of aliphatic hydroxyl groups is 1. The molecule has 1 aromatic heterocycles. The van der Waals surface area contributed by atoms with Gasteiger partial charge in [0.25, 0.3) is 0 Å². The van der Waals surface area contributed by atoms with Gasteiger partial charge < -0.3 is 20.6 Å². The Morgan fingerprint density at radius 1 is 1.14 bits per heavy atom. The number of nitrogens with two attached hydrogens (primary N) is 2. The van der Waals surface area contributed by atoms with Gasteiger partial charge in [0.15, 0.2) is 11.0 Å². The van der Waals surface area contributed by atoms with Crippen LogP contribution in [-0.4, -0.2) is 15.3 Å². The van der Waals surface area contributed by atoms with Crippen LogP contribution in [0.5, 0.6) is 0 Å². The number of rotatable bonds is 3. The standard InChI is InChI=1S/C13H16N2O.C7H11NO3S/c14-13(16)15-12-10-5-1-3-8(10)7-9-4-2-6-11(9)12;1-7(2,9)5-3-6(11-4-5)12(8)10/h7H,1-6H2,(H3,14,15,16);3-4,9H,8H2,1-2H3. The molecule has 0 aliphatic heterocycles. The Balaban J connectivity index is 0.000000169. The number of fused-ring (bicyclic) bond motifs is 2. The molecule has 2 aliphatic rings. The van der Waals surface area contributed by atoms with E-state index in [1.807, 2.05) is 0 Å². The Kier molecular flexibility index (Phi) is 5.92. The van der Waals surface area contributed by atoms with Gasteiger partial charge in [-0.25, -0.2) is 14.1 Å². The van der Waals surface area contributed by atoms with Crippen molar-refractivity contribution in [1.82, 2.24) is 0 Å². The lowest BCUT2D eigenvalue weighted by Crippen LogP contribution is -2.21. The number of nitrogens with one attached hydrogen (secondary N) is 1. The van der Waals surface area contributed by atoms with Crippen LogP contribution in [0.2, 0.25) is 0 Å². The van der Waals surface area contributed by atoms with Crippen LogP contribution in [-0.2, 0) is 42.3 Å². The second-order valence-electron chi connectivity index (χ2n) is 7.73. The quantitative estimate of drug-likeness (QED) is 0.625. The zero-order valence-corrected chi connectivity index (χ0v) is 17.0. The fourth-order valence-corrected chi connectivity index (χ4v) is 4.22. The first-order chi connectivity index (χ1) is 13.2. The highest BCUT2D eigenvalue weighted by atomic mass is 32.2. The summed E-state index contributed by atoms with van der Waals surface area (Å²) in [6.45, 7) is 3.22. The van der Waals surface area contributed by atoms with E-state index in [0.717, 1.165) is 31.4 Å². The van der Waals surface area contributed by atoms with Crippen molar-refractivity contribution in [2.45, 2.75) is 63.1 Å². The fourth-order valence-electron chi connectivity index (χ4n) is 3.83. The van der Waals surface area contributed by atoms with E-state index in [1.54, 1.807) is 13.8 Å². The Labute approximate surface area is 167 Å². The molecule has 1 unspecified atom stereocenters. The maximum Gasteiger partial charge on any atom is 0.316 e. The second kappa shape index (κ2) is 8.06. The van der Waals surface area contributed by atoms with Gasteiger partial charge in [0.2, 0.25) is 5.09 Å². The van der Waals surface area contributed by atoms with E-state index in [-0.39, 0.29) is 5.09 Å². The zero-order valence-electron chi connectivity index (χ0n) is 16.2. The molecule has 7 nitrogen and oxygen atoms in total. The normalized spacial score (nSPS) is 16.0. The SMILES string of the molecule is CC(C)(O)c1coc(S(N)=O)c1.NC(=O)Nc1c2c(cc3c1CCC3)CCC2. The lowest BCUT2D eigenvalue weighted by atomic mass is 9.99. The van der Waals surface area contributed by atoms with Crippen molar-refractivity contribution in [2.24, 2.45) is 10.9 Å². The van der Waals surface area contributed by atoms with Crippen molar-refractivity contribution < 1.29 is 18.5 Å². The van der Waals surface area contributed by atoms with Gasteiger partial charge in [-0.15, -0.1) is 0 Å². The van der Waals surface area contributed by atoms with Crippen molar-refractivity contribution in [3.63, 3.8) is 0 Å². The number of hydrogen-bond acceptors (Lipinski definition) is 4. The molecule has 0 saturated heterocycles. The number of furan rings is 1. The van der Waals surface area contributed by atoms with Crippen molar-refractivity contribution in [3.8, 4) is 0 Å². The molecule has 8 heteroatoms. The molecule has 0 fully saturated rings. The number of benzene rings is 1. The summed E-state index contributed by atoms with van der Waals surface area (Å²) in [5, 5.41) is 17.6. The van der Waals surface area contributed by atoms with Gasteiger partial charge in [0.1, 0.15) is 0 Å². The summed E-state index contributed by atoms with van der Waals surface area (Å²) in [4.78, 5) is 11.1. The molecule has 0 radical (unpaired) electrons. The Hall–Kier alpha value is -2.16. The van der Waals surface area contributed by atoms with Gasteiger partial charge in [-0.05, 0) is 74.6 Å². The molecule has 2 aromatic rings. The molecule has 0 bridgehead atoms. The largest absolute Gasteiger partial charge is 0.454 e. The molecule has 0 spiro atoms. The number of carbonyl (C=O) groups is 1. The molecule has 152 valence electrons. The predicted octanol–water partition coefficient (Wildman–Crippen LogP) is 2.64. The van der Waals surface area contributed by atoms with Crippen LogP contribution in [0.1, 0.15) is 54.5 Å². The molecule has 2 amide bonds. The highest BCUT2D eigenvalue weighted by molar-refractivity contribution is 7.82. The van der Waals surface area contributed by atoms with Gasteiger partial charge >= 0.3 is 6.03 Å². The molecule has 1 heterocycles. The van der Waals surface area contributed by atoms with Crippen LogP contribution in [0.25, 0.3) is 0 Å². The summed E-state index contributed by atoms with van der Waals surface area (Å²) in [6.07, 6.45) is 8.21. The number of primary amides is 1. The lowest BCUT2D eigenvalue weighted by molar-refractivity contribution is 0.0779. The van der Waals surface area contributed by atoms with Crippen molar-refractivity contribution in [1.29, 1.82) is 0 Å². The molecule has 2 aliphatic carbocycles. The third kappa shape index (κ3) is 4.45. The van der Waals surface area contributed by atoms with Crippen LogP contribution in [0, 0.1) is 0 Å². The van der Waals surface area contributed by atoms with E-state index < -0.39 is 22.6 Å². The first kappa shape index (κ1) is 20.6. The summed E-state index contributed by atoms with van der Waals surface area (Å²) in [7, 11) is -1.62. The third-order valence-electron chi connectivity index (χ3n) is 5.20. The molecular formula is C20H27N3O4S. The number of amides is 2. The van der Waals surface area contributed by atoms with Gasteiger partial charge in [-0.1, -0.05) is 6.07 Å². The smallest absolute Gasteiger partial charge is 0.316 e. The summed E-state index contributed by atoms with van der Waals surface area (Å²) in [5.41, 5.74) is 11.4. The topological polar surface area (TPSA) is 132 Å². The summed E-state index contributed by atoms with van der Waals surface area (Å²) in [5.74, 6) is 0. The van der Waals surface area contributed by atoms with Gasteiger partial charge in [-0.3, -0.25) is 0 Å². The first-order valence-electron chi connectivity index (χ1n) is 9.37. The molecule has 6 N–H and O–H groups in total. The molecule has 1 aromatic carbocycles. The van der Waals surface area contributed by atoms with Gasteiger partial charge in [-0.2, -0.15) is 0 Å². The monoisotopic (exact) mass is 405 g/mol. The number of carbonyl (C=O) groups excluding carboxylic acids is 1. The van der Waals surface area contributed by atoms with E-state index in [0.29, 0.717) is 5.56 Å². The maximum absolute atomic E-state index is 11.1. The van der Waals surface area contributed by atoms with Crippen LogP contribution in [0.15, 0.2) is 27.9 Å². The minimum Gasteiger partial charge on any atom is -0.454 e. The van der Waals surface area contributed by atoms with Crippen molar-refractivity contribution in [2.75, 3.05) is 5.32 Å². The molecular weight excluding hydrogens is 378 g/mol. The van der Waals surface area contributed by atoms with E-state index in [2.05, 4.69) is 11.4 Å². The van der Waals surface area contributed by atoms with Crippen molar-refractivity contribution >= 4 is 22.7 Å². The van der Waals surface area contributed by atoms with Crippen LogP contribution in [0.3, 0.4) is 0 Å². The summed E-state index contributed by atoms with van der Waals surface area (Å²) >= 11 is 0. The summed E-state index contributed by atoms with van der Waals surface area (Å²) < 4.78 is 15.6. The third-order valence-corrected chi connectivity index (χ3v) is 5.81. The van der Waals surface area contributed by atoms with E-state index in [9.17, 15) is 14.1 Å². The number of anilines is 1. The first-order valence-corrected chi connectivity index (χ1v) is 10.6. The second-order valence-corrected chi connectivity index (χ2v) is 8.73. The van der Waals surface area contributed by atoms with E-state index in [4.69, 9.17) is 15.3 Å². The molecule has 4 rings (SSSR count). The average Bonchev–Trinajstić information content (AvgIpc) is 3.34. The van der Waals surface area contributed by atoms with Crippen LogP contribution < -0.4 is 16.2 Å². The van der Waals surface area contributed by atoms with Crippen LogP contribution >= 0.6 is 0 Å². The highest BCUT2D eigenvalue weighted by Gasteiger charge is 2.24. The van der Waals surface area contributed by atoms with Crippen LogP contribution in [0.4, 0.5) is 10.5 Å². The summed E-state index contributed by atoms with van der Waals surface area (Å²) in [6, 6.07) is 3.39. The Morgan fingerprint density at radius 2 is 1.71 bits per heavy atom. The molecule has 0 saturated carbocycles. The van der Waals surface area contributed by atoms with E-state index >= 15 is 0 Å². The molecule has 1 atom stereocenters. The predicted molar refractivity (Wildman–Crippen MR) is 108 cm³/mol. The lowest BCUT2D eigenvalue weighted by Gasteiger charge is -2.14. The number of hydrogen-bond donors (Lipinski definition) is 4. The van der Waals surface area contributed by atoms with E-state index in [1.165, 1.54) is 47.4 Å². The minimum absolute atomic E-state index is 0.173. The minimum atomic E-state index is -1.62. The number of aryl methyl sites for hydroxylation is 2. The maximum atomic E-state index is 11.1. The highest BCUT2D eigenvalue weighted by Crippen LogP contribution is 2.38. The van der Waals surface area contributed by atoms with Crippen molar-refractivity contribution in [3.05, 3.63) is 46.2 Å². The van der Waals surface area contributed by atoms with Gasteiger partial charge in [0, 0.05) is 17.3 Å². The fraction of sp³-hybridized carbons (Fsp3) is 0.450. The Morgan fingerprint density at radius 3 is 2.11 bits per heavy atom. The number of urea groups is 1. The Bertz CT molecular complexity index is 883. The molecule has 28 heavy (non-hydrogen) atoms.